The number of nitrogens with zero attached hydrogens (tertiary/aromatic N) is 2. The normalized spacial score (nSPS) is 15.6. The Labute approximate surface area is 171 Å². The molecule has 0 N–H and O–H groups in total. The molecule has 0 bridgehead atoms. The van der Waals surface area contributed by atoms with Crippen molar-refractivity contribution < 1.29 is 18.5 Å². The molecule has 1 aliphatic rings. The van der Waals surface area contributed by atoms with E-state index in [1.165, 1.54) is 4.90 Å². The van der Waals surface area contributed by atoms with Gasteiger partial charge in [-0.1, -0.05) is 28.9 Å². The second kappa shape index (κ2) is 6.59. The summed E-state index contributed by atoms with van der Waals surface area (Å²) in [7, 11) is 1.58. The lowest BCUT2D eigenvalue weighted by Crippen LogP contribution is -2.29. The summed E-state index contributed by atoms with van der Waals surface area (Å²) >= 11 is 0. The van der Waals surface area contributed by atoms with Gasteiger partial charge in [0.1, 0.15) is 17.1 Å². The maximum absolute atomic E-state index is 13.5. The molecule has 2 aromatic heterocycles. The number of ether oxygens (including phenoxy) is 1. The molecule has 30 heavy (non-hydrogen) atoms. The summed E-state index contributed by atoms with van der Waals surface area (Å²) in [5.41, 5.74) is 2.12. The molecular formula is C23H18N2O5. The van der Waals surface area contributed by atoms with Gasteiger partial charge in [-0.05, 0) is 43.7 Å². The number of hydrogen-bond acceptors (Lipinski definition) is 6. The van der Waals surface area contributed by atoms with E-state index in [0.717, 1.165) is 11.1 Å². The molecule has 0 saturated heterocycles. The molecule has 4 aromatic rings. The number of benzene rings is 2. The third-order valence-electron chi connectivity index (χ3n) is 5.32. The van der Waals surface area contributed by atoms with Gasteiger partial charge in [-0.25, -0.2) is 0 Å². The summed E-state index contributed by atoms with van der Waals surface area (Å²) in [4.78, 5) is 28.3. The highest BCUT2D eigenvalue weighted by Gasteiger charge is 2.44. The summed E-state index contributed by atoms with van der Waals surface area (Å²) in [5.74, 6) is 1.15. The smallest absolute Gasteiger partial charge is 0.296 e. The molecule has 0 unspecified atom stereocenters. The number of amides is 1. The van der Waals surface area contributed by atoms with Crippen LogP contribution in [0.15, 0.2) is 62.3 Å². The Morgan fingerprint density at radius 1 is 1.03 bits per heavy atom. The first-order valence-electron chi connectivity index (χ1n) is 9.46. The fourth-order valence-corrected chi connectivity index (χ4v) is 3.89. The first-order valence-corrected chi connectivity index (χ1v) is 9.46. The predicted molar refractivity (Wildman–Crippen MR) is 110 cm³/mol. The first kappa shape index (κ1) is 18.2. The maximum atomic E-state index is 13.5. The number of aryl methyl sites for hydroxylation is 2. The summed E-state index contributed by atoms with van der Waals surface area (Å²) < 4.78 is 16.4. The molecule has 7 heteroatoms. The van der Waals surface area contributed by atoms with Crippen molar-refractivity contribution in [1.82, 2.24) is 5.16 Å². The molecule has 0 aliphatic carbocycles. The standard InChI is InChI=1S/C23H18N2O5/c1-12-4-9-17-16(10-12)21(26)19-20(14-5-7-15(28-3)8-6-14)25(23(27)22(19)29-17)18-11-13(2)30-24-18/h4-11,20H,1-3H3/t20-/m1/s1. The van der Waals surface area contributed by atoms with Gasteiger partial charge < -0.3 is 13.7 Å². The van der Waals surface area contributed by atoms with E-state index in [9.17, 15) is 9.59 Å². The molecule has 0 saturated carbocycles. The molecule has 1 atom stereocenters. The highest BCUT2D eigenvalue weighted by atomic mass is 16.5. The van der Waals surface area contributed by atoms with Gasteiger partial charge in [0.05, 0.1) is 24.1 Å². The van der Waals surface area contributed by atoms with Crippen molar-refractivity contribution in [2.75, 3.05) is 12.0 Å². The van der Waals surface area contributed by atoms with Crippen LogP contribution in [0.25, 0.3) is 11.0 Å². The lowest BCUT2D eigenvalue weighted by atomic mass is 9.98. The highest BCUT2D eigenvalue weighted by molar-refractivity contribution is 6.10. The Kier molecular flexibility index (Phi) is 3.99. The minimum atomic E-state index is -0.691. The number of carbonyl (C=O) groups is 1. The number of fused-ring (bicyclic) bond motifs is 2. The van der Waals surface area contributed by atoms with Crippen molar-refractivity contribution in [3.8, 4) is 5.75 Å². The van der Waals surface area contributed by atoms with Gasteiger partial charge in [0.25, 0.3) is 5.91 Å². The third-order valence-corrected chi connectivity index (χ3v) is 5.32. The number of methoxy groups -OCH3 is 1. The van der Waals surface area contributed by atoms with Gasteiger partial charge in [0.2, 0.25) is 5.76 Å². The van der Waals surface area contributed by atoms with E-state index >= 15 is 0 Å². The van der Waals surface area contributed by atoms with E-state index in [0.29, 0.717) is 33.9 Å². The van der Waals surface area contributed by atoms with Crippen LogP contribution in [0.3, 0.4) is 0 Å². The summed E-state index contributed by atoms with van der Waals surface area (Å²) in [6, 6.07) is 13.5. The van der Waals surface area contributed by atoms with Gasteiger partial charge in [-0.2, -0.15) is 0 Å². The van der Waals surface area contributed by atoms with Crippen molar-refractivity contribution in [2.45, 2.75) is 19.9 Å². The van der Waals surface area contributed by atoms with E-state index in [2.05, 4.69) is 5.16 Å². The topological polar surface area (TPSA) is 85.8 Å². The van der Waals surface area contributed by atoms with Gasteiger partial charge in [-0.3, -0.25) is 14.5 Å². The molecule has 5 rings (SSSR count). The van der Waals surface area contributed by atoms with Gasteiger partial charge >= 0.3 is 0 Å². The molecular weight excluding hydrogens is 384 g/mol. The first-order chi connectivity index (χ1) is 14.5. The van der Waals surface area contributed by atoms with Crippen molar-refractivity contribution in [3.05, 3.63) is 87.0 Å². The monoisotopic (exact) mass is 402 g/mol. The van der Waals surface area contributed by atoms with E-state index in [4.69, 9.17) is 13.7 Å². The van der Waals surface area contributed by atoms with Crippen LogP contribution in [0.2, 0.25) is 0 Å². The molecule has 150 valence electrons. The quantitative estimate of drug-likeness (QED) is 0.512. The third kappa shape index (κ3) is 2.62. The second-order valence-corrected chi connectivity index (χ2v) is 7.32. The Morgan fingerprint density at radius 2 is 1.80 bits per heavy atom. The van der Waals surface area contributed by atoms with Crippen molar-refractivity contribution >= 4 is 22.7 Å². The van der Waals surface area contributed by atoms with Gasteiger partial charge in [0.15, 0.2) is 11.2 Å². The molecule has 1 amide bonds. The molecule has 3 heterocycles. The van der Waals surface area contributed by atoms with Crippen molar-refractivity contribution in [2.24, 2.45) is 0 Å². The average Bonchev–Trinajstić information content (AvgIpc) is 3.30. The zero-order chi connectivity index (χ0) is 21.0. The summed E-state index contributed by atoms with van der Waals surface area (Å²) in [6.07, 6.45) is 0. The van der Waals surface area contributed by atoms with E-state index in [1.807, 2.05) is 25.1 Å². The fraction of sp³-hybridized carbons (Fsp3) is 0.174. The highest BCUT2D eigenvalue weighted by Crippen LogP contribution is 2.41. The van der Waals surface area contributed by atoms with Crippen LogP contribution in [0.5, 0.6) is 5.75 Å². The number of hydrogen-bond donors (Lipinski definition) is 0. The van der Waals surface area contributed by atoms with Crippen LogP contribution < -0.4 is 15.1 Å². The predicted octanol–water partition coefficient (Wildman–Crippen LogP) is 4.16. The van der Waals surface area contributed by atoms with E-state index in [1.54, 1.807) is 44.4 Å². The Bertz CT molecular complexity index is 1350. The van der Waals surface area contributed by atoms with Crippen LogP contribution in [-0.2, 0) is 0 Å². The maximum Gasteiger partial charge on any atom is 0.296 e. The van der Waals surface area contributed by atoms with Gasteiger partial charge in [-0.15, -0.1) is 0 Å². The largest absolute Gasteiger partial charge is 0.497 e. The second-order valence-electron chi connectivity index (χ2n) is 7.32. The molecule has 0 spiro atoms. The molecule has 0 radical (unpaired) electrons. The molecule has 2 aromatic carbocycles. The Hall–Kier alpha value is -3.87. The Morgan fingerprint density at radius 3 is 2.47 bits per heavy atom. The lowest BCUT2D eigenvalue weighted by Gasteiger charge is -2.22. The van der Waals surface area contributed by atoms with Crippen LogP contribution in [0.4, 0.5) is 5.82 Å². The number of carbonyl (C=O) groups excluding carboxylic acids is 1. The van der Waals surface area contributed by atoms with Crippen LogP contribution in [0, 0.1) is 13.8 Å². The van der Waals surface area contributed by atoms with Crippen molar-refractivity contribution in [3.63, 3.8) is 0 Å². The van der Waals surface area contributed by atoms with Crippen LogP contribution >= 0.6 is 0 Å². The summed E-state index contributed by atoms with van der Waals surface area (Å²) in [5, 5.41) is 4.46. The van der Waals surface area contributed by atoms with E-state index in [-0.39, 0.29) is 11.2 Å². The SMILES string of the molecule is COc1ccc([C@@H]2c3c(oc4ccc(C)cc4c3=O)C(=O)N2c2cc(C)on2)cc1. The van der Waals surface area contributed by atoms with Crippen molar-refractivity contribution in [1.29, 1.82) is 0 Å². The van der Waals surface area contributed by atoms with Crippen LogP contribution in [-0.4, -0.2) is 18.2 Å². The number of aromatic nitrogens is 1. The Balaban J connectivity index is 1.80. The fourth-order valence-electron chi connectivity index (χ4n) is 3.89. The zero-order valence-corrected chi connectivity index (χ0v) is 16.6. The molecule has 1 aliphatic heterocycles. The summed E-state index contributed by atoms with van der Waals surface area (Å²) in [6.45, 7) is 3.65. The van der Waals surface area contributed by atoms with Crippen LogP contribution in [0.1, 0.15) is 39.0 Å². The number of anilines is 1. The lowest BCUT2D eigenvalue weighted by molar-refractivity contribution is 0.0969. The van der Waals surface area contributed by atoms with Gasteiger partial charge in [0, 0.05) is 6.07 Å². The minimum absolute atomic E-state index is 0.0258. The zero-order valence-electron chi connectivity index (χ0n) is 16.6. The number of rotatable bonds is 3. The average molecular weight is 402 g/mol. The molecule has 7 nitrogen and oxygen atoms in total. The minimum Gasteiger partial charge on any atom is -0.497 e. The molecule has 0 fully saturated rings. The van der Waals surface area contributed by atoms with E-state index < -0.39 is 11.9 Å².